The second-order valence-electron chi connectivity index (χ2n) is 8.79. The number of carboxylic acids is 4. The molecule has 1 aliphatic carbocycles. The molecule has 5 N–H and O–H groups in total. The third-order valence-corrected chi connectivity index (χ3v) is 5.91. The van der Waals surface area contributed by atoms with Crippen molar-refractivity contribution in [1.29, 1.82) is 0 Å². The van der Waals surface area contributed by atoms with Crippen molar-refractivity contribution in [2.75, 3.05) is 39.8 Å². The molecule has 11 nitrogen and oxygen atoms in total. The summed E-state index contributed by atoms with van der Waals surface area (Å²) in [6, 6.07) is 8.74. The Morgan fingerprint density at radius 1 is 0.784 bits per heavy atom. The van der Waals surface area contributed by atoms with Gasteiger partial charge in [0.1, 0.15) is 0 Å². The van der Waals surface area contributed by atoms with Gasteiger partial charge in [0.15, 0.2) is 0 Å². The van der Waals surface area contributed by atoms with E-state index >= 15 is 0 Å². The fourth-order valence-electron chi connectivity index (χ4n) is 3.92. The molecule has 2 fully saturated rings. The van der Waals surface area contributed by atoms with Gasteiger partial charge in [-0.05, 0) is 36.9 Å². The van der Waals surface area contributed by atoms with Crippen LogP contribution in [0.2, 0.25) is 0 Å². The molecule has 1 saturated carbocycles. The number of aliphatic hydroxyl groups excluding tert-OH is 1. The second-order valence-corrected chi connectivity index (χ2v) is 8.79. The van der Waals surface area contributed by atoms with E-state index in [-0.39, 0.29) is 6.10 Å². The third kappa shape index (κ3) is 14.6. The van der Waals surface area contributed by atoms with Crippen molar-refractivity contribution < 1.29 is 44.7 Å². The van der Waals surface area contributed by atoms with Gasteiger partial charge in [-0.3, -0.25) is 4.90 Å². The summed E-state index contributed by atoms with van der Waals surface area (Å²) in [6.07, 6.45) is 7.30. The Balaban J connectivity index is 0.000000355. The molecule has 1 unspecified atom stereocenters. The standard InChI is InChI=1S/C18H28N2O.2C4H4O4/c1-19-10-12-20(13-11-19)14-18(21)17-8-6-16(7-9-17)15-4-2-3-5-15;2*5-3(6)1-2-4(7)8/h6-9,15,18,21H,2-5,10-14H2,1H3;2*1-2H,(H,5,6)(H,7,8)/b;2*2-1-. The van der Waals surface area contributed by atoms with Crippen LogP contribution in [0.25, 0.3) is 0 Å². The molecule has 3 rings (SSSR count). The first-order valence-corrected chi connectivity index (χ1v) is 11.9. The van der Waals surface area contributed by atoms with Crippen molar-refractivity contribution in [3.05, 3.63) is 59.7 Å². The van der Waals surface area contributed by atoms with Gasteiger partial charge >= 0.3 is 23.9 Å². The van der Waals surface area contributed by atoms with Crippen LogP contribution in [0.3, 0.4) is 0 Å². The smallest absolute Gasteiger partial charge is 0.328 e. The Kier molecular flexibility index (Phi) is 14.5. The number of carboxylic acid groups (broad SMARTS) is 4. The largest absolute Gasteiger partial charge is 0.478 e. The minimum absolute atomic E-state index is 0.356. The molecule has 1 saturated heterocycles. The lowest BCUT2D eigenvalue weighted by Crippen LogP contribution is -2.45. The molecule has 1 aromatic carbocycles. The Bertz CT molecular complexity index is 864. The van der Waals surface area contributed by atoms with Crippen LogP contribution >= 0.6 is 0 Å². The Morgan fingerprint density at radius 3 is 1.57 bits per heavy atom. The van der Waals surface area contributed by atoms with E-state index in [1.54, 1.807) is 0 Å². The first-order chi connectivity index (χ1) is 17.5. The molecule has 0 bridgehead atoms. The number of hydrogen-bond donors (Lipinski definition) is 5. The maximum absolute atomic E-state index is 10.4. The van der Waals surface area contributed by atoms with Gasteiger partial charge in [0, 0.05) is 57.0 Å². The van der Waals surface area contributed by atoms with E-state index in [4.69, 9.17) is 20.4 Å². The number of aliphatic carboxylic acids is 4. The van der Waals surface area contributed by atoms with Crippen molar-refractivity contribution in [2.45, 2.75) is 37.7 Å². The molecule has 0 radical (unpaired) electrons. The maximum Gasteiger partial charge on any atom is 0.328 e. The summed E-state index contributed by atoms with van der Waals surface area (Å²) in [5.74, 6) is -4.27. The molecule has 11 heteroatoms. The van der Waals surface area contributed by atoms with Gasteiger partial charge in [0.2, 0.25) is 0 Å². The molecule has 1 heterocycles. The molecule has 1 aromatic rings. The predicted molar refractivity (Wildman–Crippen MR) is 135 cm³/mol. The molecule has 0 amide bonds. The predicted octanol–water partition coefficient (Wildman–Crippen LogP) is 2.05. The monoisotopic (exact) mass is 520 g/mol. The zero-order valence-corrected chi connectivity index (χ0v) is 20.9. The van der Waals surface area contributed by atoms with Gasteiger partial charge < -0.3 is 30.4 Å². The number of benzene rings is 1. The lowest BCUT2D eigenvalue weighted by Gasteiger charge is -2.33. The van der Waals surface area contributed by atoms with Crippen LogP contribution < -0.4 is 0 Å². The highest BCUT2D eigenvalue weighted by Crippen LogP contribution is 2.34. The lowest BCUT2D eigenvalue weighted by atomic mass is 9.95. The minimum Gasteiger partial charge on any atom is -0.478 e. The second kappa shape index (κ2) is 17.0. The fraction of sp³-hybridized carbons (Fsp3) is 0.462. The van der Waals surface area contributed by atoms with Crippen LogP contribution in [0, 0.1) is 0 Å². The summed E-state index contributed by atoms with van der Waals surface area (Å²) in [4.78, 5) is 42.9. The average molecular weight is 521 g/mol. The van der Waals surface area contributed by atoms with Crippen LogP contribution in [0.5, 0.6) is 0 Å². The fourth-order valence-corrected chi connectivity index (χ4v) is 3.92. The molecule has 204 valence electrons. The van der Waals surface area contributed by atoms with Crippen LogP contribution in [0.15, 0.2) is 48.6 Å². The summed E-state index contributed by atoms with van der Waals surface area (Å²) in [5, 5.41) is 41.7. The summed E-state index contributed by atoms with van der Waals surface area (Å²) in [7, 11) is 2.16. The van der Waals surface area contributed by atoms with Crippen molar-refractivity contribution in [3.63, 3.8) is 0 Å². The van der Waals surface area contributed by atoms with E-state index in [0.717, 1.165) is 44.2 Å². The maximum atomic E-state index is 10.4. The van der Waals surface area contributed by atoms with Gasteiger partial charge in [0.25, 0.3) is 0 Å². The summed E-state index contributed by atoms with van der Waals surface area (Å²) >= 11 is 0. The van der Waals surface area contributed by atoms with Crippen LogP contribution in [0.4, 0.5) is 0 Å². The van der Waals surface area contributed by atoms with Crippen molar-refractivity contribution in [2.24, 2.45) is 0 Å². The number of likely N-dealkylation sites (N-methyl/N-ethyl adjacent to an activating group) is 1. The van der Waals surface area contributed by atoms with Gasteiger partial charge in [-0.1, -0.05) is 37.1 Å². The number of aliphatic hydroxyl groups is 1. The third-order valence-electron chi connectivity index (χ3n) is 5.91. The van der Waals surface area contributed by atoms with E-state index in [1.807, 2.05) is 0 Å². The van der Waals surface area contributed by atoms with Gasteiger partial charge in [-0.2, -0.15) is 0 Å². The molecule has 1 atom stereocenters. The van der Waals surface area contributed by atoms with Crippen molar-refractivity contribution in [1.82, 2.24) is 9.80 Å². The topological polar surface area (TPSA) is 176 Å². The number of rotatable bonds is 8. The highest BCUT2D eigenvalue weighted by atomic mass is 16.4. The average Bonchev–Trinajstić information content (AvgIpc) is 3.39. The van der Waals surface area contributed by atoms with Crippen LogP contribution in [-0.2, 0) is 19.2 Å². The SMILES string of the molecule is CN1CCN(CC(O)c2ccc(C3CCCC3)cc2)CC1.O=C(O)/C=C\C(=O)O.O=C(O)/C=C\C(=O)O. The van der Waals surface area contributed by atoms with E-state index < -0.39 is 23.9 Å². The summed E-state index contributed by atoms with van der Waals surface area (Å²) in [6.45, 7) is 5.10. The first-order valence-electron chi connectivity index (χ1n) is 11.9. The van der Waals surface area contributed by atoms with E-state index in [1.165, 1.54) is 31.2 Å². The normalized spacial score (nSPS) is 17.5. The highest BCUT2D eigenvalue weighted by Gasteiger charge is 2.20. The van der Waals surface area contributed by atoms with E-state index in [0.29, 0.717) is 24.3 Å². The quantitative estimate of drug-likeness (QED) is 0.317. The molecule has 0 aromatic heterocycles. The molecule has 37 heavy (non-hydrogen) atoms. The summed E-state index contributed by atoms with van der Waals surface area (Å²) < 4.78 is 0. The number of β-amino-alcohol motifs (C(OH)–C–C–N with tert-alkyl or cyclic N) is 1. The molecule has 1 aliphatic heterocycles. The highest BCUT2D eigenvalue weighted by molar-refractivity contribution is 5.90. The zero-order chi connectivity index (χ0) is 27.8. The minimum atomic E-state index is -1.26. The zero-order valence-electron chi connectivity index (χ0n) is 20.9. The Morgan fingerprint density at radius 2 is 1.19 bits per heavy atom. The summed E-state index contributed by atoms with van der Waals surface area (Å²) in [5.41, 5.74) is 2.53. The number of piperazine rings is 1. The Hall–Kier alpha value is -3.54. The van der Waals surface area contributed by atoms with Crippen LogP contribution in [-0.4, -0.2) is 99.0 Å². The van der Waals surface area contributed by atoms with Gasteiger partial charge in [-0.15, -0.1) is 0 Å². The van der Waals surface area contributed by atoms with Crippen LogP contribution in [0.1, 0.15) is 48.8 Å². The number of nitrogens with zero attached hydrogens (tertiary/aromatic N) is 2. The molecule has 2 aliphatic rings. The van der Waals surface area contributed by atoms with Gasteiger partial charge in [-0.25, -0.2) is 19.2 Å². The Labute approximate surface area is 215 Å². The first kappa shape index (κ1) is 31.5. The van der Waals surface area contributed by atoms with Crippen molar-refractivity contribution >= 4 is 23.9 Å². The lowest BCUT2D eigenvalue weighted by molar-refractivity contribution is -0.134. The van der Waals surface area contributed by atoms with E-state index in [9.17, 15) is 24.3 Å². The molecule has 0 spiro atoms. The number of carbonyl (C=O) groups is 4. The van der Waals surface area contributed by atoms with Gasteiger partial charge in [0.05, 0.1) is 6.10 Å². The van der Waals surface area contributed by atoms with E-state index in [2.05, 4.69) is 41.1 Å². The number of hydrogen-bond acceptors (Lipinski definition) is 7. The van der Waals surface area contributed by atoms with Crippen molar-refractivity contribution in [3.8, 4) is 0 Å². The molecular weight excluding hydrogens is 484 g/mol. The molecular formula is C26H36N2O9.